The lowest BCUT2D eigenvalue weighted by molar-refractivity contribution is 0.314. The first-order valence-corrected chi connectivity index (χ1v) is 7.83. The minimum atomic E-state index is 0.557. The average Bonchev–Trinajstić information content (AvgIpc) is 3.03. The number of pyridine rings is 1. The lowest BCUT2D eigenvalue weighted by atomic mass is 10.1. The highest BCUT2D eigenvalue weighted by atomic mass is 15.2. The molecule has 0 aliphatic carbocycles. The van der Waals surface area contributed by atoms with Gasteiger partial charge in [-0.05, 0) is 37.9 Å². The SMILES string of the molecule is Cc1cnc(CN2CC[C@@H](CNc3ncccc3C#N)C2)cn1. The van der Waals surface area contributed by atoms with Crippen LogP contribution in [0.5, 0.6) is 0 Å². The predicted molar refractivity (Wildman–Crippen MR) is 87.6 cm³/mol. The van der Waals surface area contributed by atoms with E-state index in [1.807, 2.05) is 19.3 Å². The molecule has 0 amide bonds. The van der Waals surface area contributed by atoms with E-state index in [-0.39, 0.29) is 0 Å². The van der Waals surface area contributed by atoms with Crippen LogP contribution in [0.15, 0.2) is 30.7 Å². The fourth-order valence-electron chi connectivity index (χ4n) is 2.83. The van der Waals surface area contributed by atoms with Crippen LogP contribution in [-0.2, 0) is 6.54 Å². The standard InChI is InChI=1S/C17H20N6/c1-13-8-21-16(10-20-13)12-23-6-4-14(11-23)9-22-17-15(7-18)3-2-5-19-17/h2-3,5,8,10,14H,4,6,9,11-12H2,1H3,(H,19,22)/t14-/m0/s1. The lowest BCUT2D eigenvalue weighted by Crippen LogP contribution is -2.23. The molecule has 0 spiro atoms. The van der Waals surface area contributed by atoms with E-state index in [1.54, 1.807) is 18.3 Å². The highest BCUT2D eigenvalue weighted by Gasteiger charge is 2.23. The van der Waals surface area contributed by atoms with E-state index >= 15 is 0 Å². The minimum Gasteiger partial charge on any atom is -0.369 e. The van der Waals surface area contributed by atoms with E-state index in [9.17, 15) is 0 Å². The summed E-state index contributed by atoms with van der Waals surface area (Å²) < 4.78 is 0. The van der Waals surface area contributed by atoms with E-state index in [1.165, 1.54) is 0 Å². The molecule has 2 aromatic rings. The van der Waals surface area contributed by atoms with Crippen LogP contribution in [-0.4, -0.2) is 39.5 Å². The van der Waals surface area contributed by atoms with Crippen LogP contribution in [0.4, 0.5) is 5.82 Å². The Morgan fingerprint density at radius 2 is 2.26 bits per heavy atom. The summed E-state index contributed by atoms with van der Waals surface area (Å²) in [5, 5.41) is 12.4. The number of aryl methyl sites for hydroxylation is 1. The van der Waals surface area contributed by atoms with Crippen molar-refractivity contribution in [3.8, 4) is 6.07 Å². The van der Waals surface area contributed by atoms with Gasteiger partial charge in [0.15, 0.2) is 0 Å². The summed E-state index contributed by atoms with van der Waals surface area (Å²) in [6.07, 6.45) is 6.52. The second-order valence-electron chi connectivity index (χ2n) is 5.93. The summed E-state index contributed by atoms with van der Waals surface area (Å²) in [6.45, 7) is 5.71. The van der Waals surface area contributed by atoms with Crippen LogP contribution in [0.2, 0.25) is 0 Å². The largest absolute Gasteiger partial charge is 0.369 e. The molecule has 0 unspecified atom stereocenters. The maximum absolute atomic E-state index is 9.08. The Balaban J connectivity index is 1.50. The predicted octanol–water partition coefficient (Wildman–Crippen LogP) is 1.99. The number of likely N-dealkylation sites (tertiary alicyclic amines) is 1. The molecular formula is C17H20N6. The van der Waals surface area contributed by atoms with Gasteiger partial charge in [-0.15, -0.1) is 0 Å². The molecule has 6 nitrogen and oxygen atoms in total. The third-order valence-electron chi connectivity index (χ3n) is 4.08. The first-order valence-electron chi connectivity index (χ1n) is 7.83. The number of nitriles is 1. The molecule has 1 saturated heterocycles. The molecule has 1 N–H and O–H groups in total. The van der Waals surface area contributed by atoms with Gasteiger partial charge in [0.1, 0.15) is 11.9 Å². The normalized spacial score (nSPS) is 17.8. The van der Waals surface area contributed by atoms with Crippen molar-refractivity contribution in [2.24, 2.45) is 5.92 Å². The van der Waals surface area contributed by atoms with Gasteiger partial charge in [0.25, 0.3) is 0 Å². The molecule has 1 atom stereocenters. The number of nitrogens with one attached hydrogen (secondary N) is 1. The quantitative estimate of drug-likeness (QED) is 0.910. The summed E-state index contributed by atoms with van der Waals surface area (Å²) in [4.78, 5) is 15.4. The van der Waals surface area contributed by atoms with E-state index in [0.717, 1.165) is 44.0 Å². The van der Waals surface area contributed by atoms with E-state index < -0.39 is 0 Å². The van der Waals surface area contributed by atoms with Gasteiger partial charge in [0.05, 0.1) is 17.0 Å². The molecule has 1 aliphatic rings. The Bertz CT molecular complexity index is 691. The van der Waals surface area contributed by atoms with Crippen LogP contribution in [0.25, 0.3) is 0 Å². The van der Waals surface area contributed by atoms with Gasteiger partial charge in [-0.2, -0.15) is 5.26 Å². The van der Waals surface area contributed by atoms with E-state index in [0.29, 0.717) is 17.3 Å². The Labute approximate surface area is 136 Å². The molecule has 23 heavy (non-hydrogen) atoms. The molecule has 118 valence electrons. The van der Waals surface area contributed by atoms with Gasteiger partial charge in [-0.25, -0.2) is 4.98 Å². The molecule has 0 saturated carbocycles. The molecule has 0 radical (unpaired) electrons. The third-order valence-corrected chi connectivity index (χ3v) is 4.08. The van der Waals surface area contributed by atoms with Gasteiger partial charge in [-0.3, -0.25) is 14.9 Å². The number of hydrogen-bond acceptors (Lipinski definition) is 6. The Hall–Kier alpha value is -2.52. The van der Waals surface area contributed by atoms with Crippen molar-refractivity contribution in [3.05, 3.63) is 47.7 Å². The topological polar surface area (TPSA) is 77.7 Å². The third kappa shape index (κ3) is 4.02. The summed E-state index contributed by atoms with van der Waals surface area (Å²) in [5.41, 5.74) is 2.55. The Morgan fingerprint density at radius 3 is 3.04 bits per heavy atom. The van der Waals surface area contributed by atoms with Crippen LogP contribution >= 0.6 is 0 Å². The summed E-state index contributed by atoms with van der Waals surface area (Å²) in [5.74, 6) is 1.24. The first-order chi connectivity index (χ1) is 11.2. The highest BCUT2D eigenvalue weighted by Crippen LogP contribution is 2.19. The molecule has 0 bridgehead atoms. The van der Waals surface area contributed by atoms with Crippen molar-refractivity contribution in [3.63, 3.8) is 0 Å². The smallest absolute Gasteiger partial charge is 0.143 e. The lowest BCUT2D eigenvalue weighted by Gasteiger charge is -2.16. The molecule has 3 heterocycles. The van der Waals surface area contributed by atoms with Gasteiger partial charge in [0, 0.05) is 38.2 Å². The second kappa shape index (κ2) is 7.16. The van der Waals surface area contributed by atoms with Crippen LogP contribution < -0.4 is 5.32 Å². The monoisotopic (exact) mass is 308 g/mol. The van der Waals surface area contributed by atoms with E-state index in [2.05, 4.69) is 31.2 Å². The van der Waals surface area contributed by atoms with Gasteiger partial charge < -0.3 is 5.32 Å². The summed E-state index contributed by atoms with van der Waals surface area (Å²) in [6, 6.07) is 5.73. The zero-order valence-corrected chi connectivity index (χ0v) is 13.2. The molecule has 3 rings (SSSR count). The molecule has 1 fully saturated rings. The number of rotatable bonds is 5. The number of anilines is 1. The fraction of sp³-hybridized carbons (Fsp3) is 0.412. The van der Waals surface area contributed by atoms with Crippen molar-refractivity contribution in [2.45, 2.75) is 19.9 Å². The maximum atomic E-state index is 9.08. The number of hydrogen-bond donors (Lipinski definition) is 1. The molecular weight excluding hydrogens is 288 g/mol. The van der Waals surface area contributed by atoms with Crippen molar-refractivity contribution in [2.75, 3.05) is 25.0 Å². The molecule has 2 aromatic heterocycles. The maximum Gasteiger partial charge on any atom is 0.143 e. The highest BCUT2D eigenvalue weighted by molar-refractivity contribution is 5.51. The van der Waals surface area contributed by atoms with Crippen LogP contribution in [0, 0.1) is 24.2 Å². The first kappa shape index (κ1) is 15.4. The van der Waals surface area contributed by atoms with Gasteiger partial charge >= 0.3 is 0 Å². The molecule has 1 aliphatic heterocycles. The average molecular weight is 308 g/mol. The Kier molecular flexibility index (Phi) is 4.79. The Morgan fingerprint density at radius 1 is 1.35 bits per heavy atom. The van der Waals surface area contributed by atoms with Gasteiger partial charge in [-0.1, -0.05) is 0 Å². The van der Waals surface area contributed by atoms with E-state index in [4.69, 9.17) is 5.26 Å². The zero-order valence-electron chi connectivity index (χ0n) is 13.2. The number of nitrogens with zero attached hydrogens (tertiary/aromatic N) is 5. The van der Waals surface area contributed by atoms with Crippen molar-refractivity contribution < 1.29 is 0 Å². The number of aromatic nitrogens is 3. The van der Waals surface area contributed by atoms with Crippen LogP contribution in [0.3, 0.4) is 0 Å². The van der Waals surface area contributed by atoms with Crippen molar-refractivity contribution >= 4 is 5.82 Å². The summed E-state index contributed by atoms with van der Waals surface area (Å²) >= 11 is 0. The van der Waals surface area contributed by atoms with Gasteiger partial charge in [0.2, 0.25) is 0 Å². The van der Waals surface area contributed by atoms with Crippen molar-refractivity contribution in [1.29, 1.82) is 5.26 Å². The molecule has 6 heteroatoms. The zero-order chi connectivity index (χ0) is 16.1. The minimum absolute atomic E-state index is 0.557. The van der Waals surface area contributed by atoms with Crippen molar-refractivity contribution in [1.82, 2.24) is 19.9 Å². The molecule has 0 aromatic carbocycles. The van der Waals surface area contributed by atoms with Crippen LogP contribution in [0.1, 0.15) is 23.4 Å². The fourth-order valence-corrected chi connectivity index (χ4v) is 2.83. The summed E-state index contributed by atoms with van der Waals surface area (Å²) in [7, 11) is 0. The second-order valence-corrected chi connectivity index (χ2v) is 5.93.